The number of likely N-dealkylation sites (tertiary alicyclic amines) is 1. The highest BCUT2D eigenvalue weighted by Gasteiger charge is 2.36. The van der Waals surface area contributed by atoms with Gasteiger partial charge in [-0.2, -0.15) is 0 Å². The van der Waals surface area contributed by atoms with Crippen molar-refractivity contribution in [3.8, 4) is 0 Å². The fraction of sp³-hybridized carbons (Fsp3) is 0.583. The molecule has 0 bridgehead atoms. The van der Waals surface area contributed by atoms with E-state index in [2.05, 4.69) is 16.0 Å². The Morgan fingerprint density at radius 1 is 1.11 bits per heavy atom. The average Bonchev–Trinajstić information content (AvgIpc) is 3.04. The number of carbonyl (C=O) groups is 4. The van der Waals surface area contributed by atoms with Gasteiger partial charge in [-0.15, -0.1) is 0 Å². The van der Waals surface area contributed by atoms with E-state index in [4.69, 9.17) is 8.85 Å². The van der Waals surface area contributed by atoms with E-state index >= 15 is 0 Å². The number of nitrogens with zero attached hydrogens (tertiary/aromatic N) is 1. The number of aryl methyl sites for hydroxylation is 1. The molecule has 1 heterocycles. The lowest BCUT2D eigenvalue weighted by Gasteiger charge is -2.28. The van der Waals surface area contributed by atoms with Crippen LogP contribution in [0.25, 0.3) is 0 Å². The minimum Gasteiger partial charge on any atom is -0.394 e. The minimum absolute atomic E-state index is 0.168. The molecule has 5 amide bonds. The number of urea groups is 2. The molecular formula is C24H38N4O6Si. The molecule has 1 aromatic rings. The lowest BCUT2D eigenvalue weighted by molar-refractivity contribution is -0.127. The lowest BCUT2D eigenvalue weighted by Crippen LogP contribution is -2.43. The summed E-state index contributed by atoms with van der Waals surface area (Å²) in [6, 6.07) is 5.22. The summed E-state index contributed by atoms with van der Waals surface area (Å²) in [4.78, 5) is 49.6. The molecule has 1 aromatic carbocycles. The summed E-state index contributed by atoms with van der Waals surface area (Å²) in [6.07, 6.45) is 4.37. The molecular weight excluding hydrogens is 468 g/mol. The Hall–Kier alpha value is -2.76. The van der Waals surface area contributed by atoms with Crippen molar-refractivity contribution in [1.29, 1.82) is 0 Å². The number of benzene rings is 1. The average molecular weight is 507 g/mol. The normalized spacial score (nSPS) is 14.3. The summed E-state index contributed by atoms with van der Waals surface area (Å²) in [7, 11) is -2.60. The standard InChI is InChI=1S/C24H38N4O6Si/c1-4-33-35(17-15-29,34-5-2)16-9-13-25-23(31)27-21-18-20(12-11-19(21)3)26-24(32)28-14-8-6-7-10-22(28)30/h11-12,15,18H,4-10,13-14,16-17H2,1-3H3,(H,26,32)(H2,25,27,31). The van der Waals surface area contributed by atoms with Crippen molar-refractivity contribution in [2.75, 3.05) is 36.9 Å². The van der Waals surface area contributed by atoms with Crippen LogP contribution in [0.3, 0.4) is 0 Å². The fourth-order valence-electron chi connectivity index (χ4n) is 4.01. The van der Waals surface area contributed by atoms with Gasteiger partial charge in [-0.25, -0.2) is 9.59 Å². The highest BCUT2D eigenvalue weighted by molar-refractivity contribution is 6.69. The molecule has 1 aliphatic heterocycles. The van der Waals surface area contributed by atoms with Gasteiger partial charge in [0.05, 0.1) is 0 Å². The Bertz CT molecular complexity index is 876. The Balaban J connectivity index is 1.90. The van der Waals surface area contributed by atoms with Crippen molar-refractivity contribution in [2.24, 2.45) is 0 Å². The van der Waals surface area contributed by atoms with Crippen LogP contribution in [0.15, 0.2) is 18.2 Å². The molecule has 11 heteroatoms. The van der Waals surface area contributed by atoms with Gasteiger partial charge in [0.1, 0.15) is 6.29 Å². The number of imide groups is 1. The van der Waals surface area contributed by atoms with Gasteiger partial charge in [0.25, 0.3) is 0 Å². The molecule has 10 nitrogen and oxygen atoms in total. The van der Waals surface area contributed by atoms with Gasteiger partial charge in [-0.05, 0) is 63.8 Å². The second-order valence-corrected chi connectivity index (χ2v) is 11.8. The number of anilines is 2. The first-order valence-electron chi connectivity index (χ1n) is 12.3. The lowest BCUT2D eigenvalue weighted by atomic mass is 10.2. The predicted octanol–water partition coefficient (Wildman–Crippen LogP) is 4.16. The van der Waals surface area contributed by atoms with E-state index in [0.717, 1.165) is 31.1 Å². The third-order valence-electron chi connectivity index (χ3n) is 5.78. The zero-order valence-corrected chi connectivity index (χ0v) is 22.0. The number of aldehydes is 1. The third-order valence-corrected chi connectivity index (χ3v) is 9.32. The maximum absolute atomic E-state index is 12.6. The van der Waals surface area contributed by atoms with Gasteiger partial charge < -0.3 is 29.6 Å². The second-order valence-electron chi connectivity index (χ2n) is 8.45. The summed E-state index contributed by atoms with van der Waals surface area (Å²) in [6.45, 7) is 7.37. The topological polar surface area (TPSA) is 126 Å². The molecule has 194 valence electrons. The van der Waals surface area contributed by atoms with Gasteiger partial charge in [-0.3, -0.25) is 9.69 Å². The van der Waals surface area contributed by atoms with Crippen LogP contribution < -0.4 is 16.0 Å². The van der Waals surface area contributed by atoms with Gasteiger partial charge in [0.2, 0.25) is 5.91 Å². The van der Waals surface area contributed by atoms with Crippen LogP contribution in [-0.4, -0.2) is 64.0 Å². The maximum Gasteiger partial charge on any atom is 0.345 e. The molecule has 0 aromatic heterocycles. The molecule has 35 heavy (non-hydrogen) atoms. The molecule has 0 atom stereocenters. The third kappa shape index (κ3) is 9.08. The molecule has 0 aliphatic carbocycles. The highest BCUT2D eigenvalue weighted by Crippen LogP contribution is 2.22. The van der Waals surface area contributed by atoms with Crippen molar-refractivity contribution < 1.29 is 28.0 Å². The van der Waals surface area contributed by atoms with Gasteiger partial charge >= 0.3 is 20.6 Å². The van der Waals surface area contributed by atoms with Crippen LogP contribution in [-0.2, 0) is 18.4 Å². The fourth-order valence-corrected chi connectivity index (χ4v) is 6.84. The summed E-state index contributed by atoms with van der Waals surface area (Å²) in [5.74, 6) is -0.168. The first-order valence-corrected chi connectivity index (χ1v) is 14.6. The van der Waals surface area contributed by atoms with Crippen LogP contribution in [0, 0.1) is 6.92 Å². The Labute approximate surface area is 208 Å². The van der Waals surface area contributed by atoms with E-state index in [1.165, 1.54) is 4.90 Å². The molecule has 0 unspecified atom stereocenters. The van der Waals surface area contributed by atoms with E-state index in [-0.39, 0.29) is 18.0 Å². The van der Waals surface area contributed by atoms with Gasteiger partial charge in [-0.1, -0.05) is 12.5 Å². The largest absolute Gasteiger partial charge is 0.394 e. The van der Waals surface area contributed by atoms with Gasteiger partial charge in [0.15, 0.2) is 0 Å². The van der Waals surface area contributed by atoms with E-state index in [0.29, 0.717) is 56.6 Å². The first-order chi connectivity index (χ1) is 16.8. The summed E-state index contributed by atoms with van der Waals surface area (Å²) < 4.78 is 11.7. The quantitative estimate of drug-likeness (QED) is 0.222. The number of carbonyl (C=O) groups excluding carboxylic acids is 4. The smallest absolute Gasteiger partial charge is 0.345 e. The first kappa shape index (κ1) is 28.5. The van der Waals surface area contributed by atoms with Crippen LogP contribution in [0.2, 0.25) is 12.1 Å². The molecule has 1 saturated heterocycles. The SMILES string of the molecule is CCO[Si](CC=O)(CCCNC(=O)Nc1cc(NC(=O)N2CCCCCC2=O)ccc1C)OCC. The zero-order chi connectivity index (χ0) is 25.7. The number of amides is 5. The number of rotatable bonds is 12. The molecule has 2 rings (SSSR count). The molecule has 0 saturated carbocycles. The second kappa shape index (κ2) is 14.6. The van der Waals surface area contributed by atoms with E-state index in [1.807, 2.05) is 20.8 Å². The number of hydrogen-bond acceptors (Lipinski definition) is 6. The van der Waals surface area contributed by atoms with Crippen molar-refractivity contribution in [3.05, 3.63) is 23.8 Å². The van der Waals surface area contributed by atoms with Crippen LogP contribution >= 0.6 is 0 Å². The van der Waals surface area contributed by atoms with Crippen molar-refractivity contribution in [3.63, 3.8) is 0 Å². The van der Waals surface area contributed by atoms with Crippen LogP contribution in [0.5, 0.6) is 0 Å². The van der Waals surface area contributed by atoms with Crippen molar-refractivity contribution in [1.82, 2.24) is 10.2 Å². The molecule has 3 N–H and O–H groups in total. The van der Waals surface area contributed by atoms with E-state index in [9.17, 15) is 19.2 Å². The maximum atomic E-state index is 12.6. The monoisotopic (exact) mass is 506 g/mol. The summed E-state index contributed by atoms with van der Waals surface area (Å²) in [5, 5.41) is 8.38. The molecule has 0 spiro atoms. The summed E-state index contributed by atoms with van der Waals surface area (Å²) in [5.41, 5.74) is 1.87. The Morgan fingerprint density at radius 3 is 2.54 bits per heavy atom. The van der Waals surface area contributed by atoms with Crippen molar-refractivity contribution in [2.45, 2.75) is 65.0 Å². The number of nitrogens with one attached hydrogen (secondary N) is 3. The van der Waals surface area contributed by atoms with Crippen LogP contribution in [0.1, 0.15) is 51.5 Å². The molecule has 0 radical (unpaired) electrons. The Morgan fingerprint density at radius 2 is 1.86 bits per heavy atom. The summed E-state index contributed by atoms with van der Waals surface area (Å²) >= 11 is 0. The number of hydrogen-bond donors (Lipinski definition) is 3. The molecule has 1 aliphatic rings. The van der Waals surface area contributed by atoms with Gasteiger partial charge in [0, 0.05) is 50.1 Å². The Kier molecular flexibility index (Phi) is 11.9. The van der Waals surface area contributed by atoms with E-state index < -0.39 is 14.6 Å². The minimum atomic E-state index is -2.60. The highest BCUT2D eigenvalue weighted by atomic mass is 28.4. The zero-order valence-electron chi connectivity index (χ0n) is 21.0. The predicted molar refractivity (Wildman–Crippen MR) is 137 cm³/mol. The van der Waals surface area contributed by atoms with Crippen LogP contribution in [0.4, 0.5) is 21.0 Å². The van der Waals surface area contributed by atoms with Crippen molar-refractivity contribution >= 4 is 44.2 Å². The molecule has 1 fully saturated rings. The van der Waals surface area contributed by atoms with E-state index in [1.54, 1.807) is 18.2 Å².